The Morgan fingerprint density at radius 3 is 2.68 bits per heavy atom. The number of carbonyl (C=O) groups excluding carboxylic acids is 2. The lowest BCUT2D eigenvalue weighted by molar-refractivity contribution is -0.139. The number of H-pyrrole nitrogens is 1. The van der Waals surface area contributed by atoms with Gasteiger partial charge in [-0.15, -0.1) is 0 Å². The minimum atomic E-state index is -1.04. The highest BCUT2D eigenvalue weighted by atomic mass is 16.4. The van der Waals surface area contributed by atoms with Crippen molar-refractivity contribution < 1.29 is 19.5 Å². The third-order valence-electron chi connectivity index (χ3n) is 4.11. The summed E-state index contributed by atoms with van der Waals surface area (Å²) in [7, 11) is 0. The number of fused-ring (bicyclic) bond motifs is 1. The van der Waals surface area contributed by atoms with Gasteiger partial charge < -0.3 is 15.4 Å². The topological polar surface area (TPSA) is 99.3 Å². The van der Waals surface area contributed by atoms with Crippen LogP contribution in [-0.2, 0) is 11.2 Å². The van der Waals surface area contributed by atoms with Crippen molar-refractivity contribution in [1.82, 2.24) is 10.3 Å². The lowest BCUT2D eigenvalue weighted by Crippen LogP contribution is -2.41. The number of hydrogen-bond acceptors (Lipinski definition) is 3. The molecule has 3 N–H and O–H groups in total. The van der Waals surface area contributed by atoms with E-state index < -0.39 is 17.9 Å². The van der Waals surface area contributed by atoms with Gasteiger partial charge in [0.2, 0.25) is 0 Å². The summed E-state index contributed by atoms with van der Waals surface area (Å²) in [6.07, 6.45) is 4.02. The number of rotatable bonds is 6. The molecule has 22 heavy (non-hydrogen) atoms. The van der Waals surface area contributed by atoms with Gasteiger partial charge >= 0.3 is 5.97 Å². The summed E-state index contributed by atoms with van der Waals surface area (Å²) >= 11 is 0. The molecule has 120 valence electrons. The third-order valence-corrected chi connectivity index (χ3v) is 4.11. The Morgan fingerprint density at radius 1 is 1.36 bits per heavy atom. The van der Waals surface area contributed by atoms with Crippen molar-refractivity contribution in [2.24, 2.45) is 0 Å². The standard InChI is InChI=1S/C16H22N2O4/c1-3-4-6-11(16(21)22)18-15(20)14-9(2)13-10(17-14)7-5-8-12(13)19/h11,17H,3-8H2,1-2H3,(H,18,20)(H,21,22). The van der Waals surface area contributed by atoms with Gasteiger partial charge in [0.05, 0.1) is 0 Å². The maximum Gasteiger partial charge on any atom is 0.326 e. The van der Waals surface area contributed by atoms with E-state index in [0.29, 0.717) is 29.7 Å². The maximum absolute atomic E-state index is 12.4. The zero-order chi connectivity index (χ0) is 16.3. The SMILES string of the molecule is CCCCC(NC(=O)c1[nH]c2c(c1C)C(=O)CCC2)C(=O)O. The van der Waals surface area contributed by atoms with Crippen molar-refractivity contribution in [2.75, 3.05) is 0 Å². The van der Waals surface area contributed by atoms with E-state index in [2.05, 4.69) is 10.3 Å². The quantitative estimate of drug-likeness (QED) is 0.750. The Balaban J connectivity index is 2.19. The van der Waals surface area contributed by atoms with Crippen LogP contribution in [0.15, 0.2) is 0 Å². The number of aromatic amines is 1. The molecule has 0 aromatic carbocycles. The first-order chi connectivity index (χ1) is 10.5. The molecule has 1 aromatic heterocycles. The second kappa shape index (κ2) is 6.77. The number of carbonyl (C=O) groups is 3. The van der Waals surface area contributed by atoms with E-state index in [-0.39, 0.29) is 5.78 Å². The fourth-order valence-electron chi connectivity index (χ4n) is 2.90. The van der Waals surface area contributed by atoms with Crippen LogP contribution in [0.25, 0.3) is 0 Å². The van der Waals surface area contributed by atoms with Crippen molar-refractivity contribution in [3.63, 3.8) is 0 Å². The fraction of sp³-hybridized carbons (Fsp3) is 0.562. The number of aliphatic carboxylic acids is 1. The van der Waals surface area contributed by atoms with E-state index in [1.54, 1.807) is 6.92 Å². The number of aryl methyl sites for hydroxylation is 1. The minimum Gasteiger partial charge on any atom is -0.480 e. The van der Waals surface area contributed by atoms with Crippen molar-refractivity contribution in [2.45, 2.75) is 58.4 Å². The van der Waals surface area contributed by atoms with Crippen molar-refractivity contribution in [3.8, 4) is 0 Å². The first-order valence-corrected chi connectivity index (χ1v) is 7.74. The number of hydrogen-bond donors (Lipinski definition) is 3. The van der Waals surface area contributed by atoms with Crippen molar-refractivity contribution in [3.05, 3.63) is 22.5 Å². The Morgan fingerprint density at radius 2 is 2.09 bits per heavy atom. The van der Waals surface area contributed by atoms with Crippen LogP contribution in [0.4, 0.5) is 0 Å². The molecule has 1 amide bonds. The number of aromatic nitrogens is 1. The minimum absolute atomic E-state index is 0.0508. The molecule has 1 atom stereocenters. The Hall–Kier alpha value is -2.11. The number of ketones is 1. The second-order valence-electron chi connectivity index (χ2n) is 5.76. The predicted octanol–water partition coefficient (Wildman–Crippen LogP) is 2.22. The Bertz CT molecular complexity index is 604. The van der Waals surface area contributed by atoms with Crippen LogP contribution in [0, 0.1) is 6.92 Å². The van der Waals surface area contributed by atoms with E-state index in [1.807, 2.05) is 6.92 Å². The number of carboxylic acid groups (broad SMARTS) is 1. The molecular weight excluding hydrogens is 284 g/mol. The zero-order valence-electron chi connectivity index (χ0n) is 13.0. The molecule has 0 radical (unpaired) electrons. The van der Waals surface area contributed by atoms with Gasteiger partial charge in [0, 0.05) is 17.7 Å². The summed E-state index contributed by atoms with van der Waals surface area (Å²) in [6, 6.07) is -0.900. The Kier molecular flexibility index (Phi) is 5.00. The summed E-state index contributed by atoms with van der Waals surface area (Å²) in [5, 5.41) is 11.7. The second-order valence-corrected chi connectivity index (χ2v) is 5.76. The molecule has 0 saturated heterocycles. The van der Waals surface area contributed by atoms with E-state index in [9.17, 15) is 19.5 Å². The number of nitrogens with one attached hydrogen (secondary N) is 2. The van der Waals surface area contributed by atoms with Gasteiger partial charge in [-0.3, -0.25) is 9.59 Å². The molecule has 6 heteroatoms. The largest absolute Gasteiger partial charge is 0.480 e. The first-order valence-electron chi connectivity index (χ1n) is 7.74. The van der Waals surface area contributed by atoms with Crippen LogP contribution in [0.1, 0.15) is 71.1 Å². The number of unbranched alkanes of at least 4 members (excludes halogenated alkanes) is 1. The van der Waals surface area contributed by atoms with Crippen molar-refractivity contribution in [1.29, 1.82) is 0 Å². The molecule has 1 aliphatic rings. The van der Waals surface area contributed by atoms with Gasteiger partial charge in [-0.05, 0) is 31.7 Å². The summed E-state index contributed by atoms with van der Waals surface area (Å²) in [4.78, 5) is 38.6. The molecule has 0 fully saturated rings. The molecule has 0 spiro atoms. The summed E-state index contributed by atoms with van der Waals surface area (Å²) < 4.78 is 0. The first kappa shape index (κ1) is 16.3. The van der Waals surface area contributed by atoms with Crippen LogP contribution in [0.2, 0.25) is 0 Å². The van der Waals surface area contributed by atoms with Gasteiger partial charge in [0.1, 0.15) is 11.7 Å². The van der Waals surface area contributed by atoms with Crippen LogP contribution in [0.3, 0.4) is 0 Å². The summed E-state index contributed by atoms with van der Waals surface area (Å²) in [5.74, 6) is -1.44. The van der Waals surface area contributed by atoms with Gasteiger partial charge in [-0.2, -0.15) is 0 Å². The van der Waals surface area contributed by atoms with Crippen molar-refractivity contribution >= 4 is 17.7 Å². The number of Topliss-reactive ketones (excluding diaryl/α,β-unsaturated/α-hetero) is 1. The molecular formula is C16H22N2O4. The molecule has 1 aliphatic carbocycles. The average molecular weight is 306 g/mol. The molecule has 0 bridgehead atoms. The highest BCUT2D eigenvalue weighted by Crippen LogP contribution is 2.26. The average Bonchev–Trinajstić information content (AvgIpc) is 2.81. The smallest absolute Gasteiger partial charge is 0.326 e. The number of amides is 1. The van der Waals surface area contributed by atoms with Crippen LogP contribution >= 0.6 is 0 Å². The van der Waals surface area contributed by atoms with E-state index in [1.165, 1.54) is 0 Å². The molecule has 1 unspecified atom stereocenters. The monoisotopic (exact) mass is 306 g/mol. The maximum atomic E-state index is 12.4. The molecule has 0 saturated carbocycles. The highest BCUT2D eigenvalue weighted by molar-refractivity contribution is 6.04. The lowest BCUT2D eigenvalue weighted by atomic mass is 9.94. The number of carboxylic acids is 1. The molecule has 0 aliphatic heterocycles. The van der Waals surface area contributed by atoms with E-state index in [4.69, 9.17) is 0 Å². The van der Waals surface area contributed by atoms with E-state index in [0.717, 1.165) is 31.4 Å². The lowest BCUT2D eigenvalue weighted by Gasteiger charge is -2.13. The molecule has 6 nitrogen and oxygen atoms in total. The van der Waals surface area contributed by atoms with Gasteiger partial charge in [-0.25, -0.2) is 4.79 Å². The molecule has 1 aromatic rings. The Labute approximate surface area is 129 Å². The molecule has 1 heterocycles. The summed E-state index contributed by atoms with van der Waals surface area (Å²) in [6.45, 7) is 3.70. The molecule has 2 rings (SSSR count). The van der Waals surface area contributed by atoms with Gasteiger partial charge in [0.15, 0.2) is 5.78 Å². The van der Waals surface area contributed by atoms with Gasteiger partial charge in [-0.1, -0.05) is 19.8 Å². The van der Waals surface area contributed by atoms with Crippen LogP contribution < -0.4 is 5.32 Å². The summed E-state index contributed by atoms with van der Waals surface area (Å²) in [5.41, 5.74) is 2.33. The third kappa shape index (κ3) is 3.21. The zero-order valence-corrected chi connectivity index (χ0v) is 13.0. The highest BCUT2D eigenvalue weighted by Gasteiger charge is 2.28. The normalized spacial score (nSPS) is 15.3. The predicted molar refractivity (Wildman–Crippen MR) is 81.2 cm³/mol. The fourth-order valence-corrected chi connectivity index (χ4v) is 2.90. The van der Waals surface area contributed by atoms with Crippen LogP contribution in [0.5, 0.6) is 0 Å². The van der Waals surface area contributed by atoms with Crippen LogP contribution in [-0.4, -0.2) is 33.8 Å². The van der Waals surface area contributed by atoms with E-state index >= 15 is 0 Å². The van der Waals surface area contributed by atoms with Gasteiger partial charge in [0.25, 0.3) is 5.91 Å².